The highest BCUT2D eigenvalue weighted by Crippen LogP contribution is 2.40. The molecule has 2 heterocycles. The lowest BCUT2D eigenvalue weighted by molar-refractivity contribution is 0.394. The number of furan rings is 1. The van der Waals surface area contributed by atoms with Gasteiger partial charge in [-0.15, -0.1) is 0 Å². The number of benzene rings is 1. The lowest BCUT2D eigenvalue weighted by Gasteiger charge is -2.42. The van der Waals surface area contributed by atoms with E-state index in [4.69, 9.17) is 9.41 Å². The second kappa shape index (κ2) is 5.52. The van der Waals surface area contributed by atoms with Crippen molar-refractivity contribution in [2.75, 3.05) is 5.32 Å². The molecule has 0 radical (unpaired) electrons. The van der Waals surface area contributed by atoms with Crippen LogP contribution in [-0.4, -0.2) is 11.4 Å². The number of hydrogen-bond donors (Lipinski definition) is 2. The molecule has 1 saturated carbocycles. The van der Waals surface area contributed by atoms with Crippen LogP contribution in [0.15, 0.2) is 52.1 Å². The SMILES string of the molecule is c1coc(CNC2=Nc3ccccc3NC23CCCCC3)c1. The Morgan fingerprint density at radius 1 is 1.09 bits per heavy atom. The molecule has 1 aromatic carbocycles. The Hall–Kier alpha value is -2.23. The largest absolute Gasteiger partial charge is 0.467 e. The number of hydrogen-bond acceptors (Lipinski definition) is 4. The van der Waals surface area contributed by atoms with Crippen LogP contribution in [0.4, 0.5) is 11.4 Å². The summed E-state index contributed by atoms with van der Waals surface area (Å²) in [5.74, 6) is 2.00. The van der Waals surface area contributed by atoms with E-state index >= 15 is 0 Å². The Labute approximate surface area is 130 Å². The van der Waals surface area contributed by atoms with E-state index in [9.17, 15) is 0 Å². The van der Waals surface area contributed by atoms with E-state index < -0.39 is 0 Å². The van der Waals surface area contributed by atoms with Gasteiger partial charge in [0.1, 0.15) is 11.6 Å². The molecule has 114 valence electrons. The summed E-state index contributed by atoms with van der Waals surface area (Å²) < 4.78 is 5.43. The van der Waals surface area contributed by atoms with E-state index in [1.807, 2.05) is 18.2 Å². The maximum atomic E-state index is 5.43. The molecule has 4 nitrogen and oxygen atoms in total. The molecule has 1 spiro atoms. The van der Waals surface area contributed by atoms with Gasteiger partial charge in [0.15, 0.2) is 0 Å². The fraction of sp³-hybridized carbons (Fsp3) is 0.389. The van der Waals surface area contributed by atoms with E-state index in [-0.39, 0.29) is 5.54 Å². The lowest BCUT2D eigenvalue weighted by Crippen LogP contribution is -2.54. The van der Waals surface area contributed by atoms with Crippen LogP contribution in [0.2, 0.25) is 0 Å². The highest BCUT2D eigenvalue weighted by atomic mass is 16.3. The highest BCUT2D eigenvalue weighted by Gasteiger charge is 2.40. The first-order valence-electron chi connectivity index (χ1n) is 8.08. The molecule has 4 heteroatoms. The minimum atomic E-state index is -0.0425. The average Bonchev–Trinajstić information content (AvgIpc) is 3.07. The second-order valence-electron chi connectivity index (χ2n) is 6.18. The summed E-state index contributed by atoms with van der Waals surface area (Å²) in [4.78, 5) is 4.92. The van der Waals surface area contributed by atoms with E-state index in [2.05, 4.69) is 28.8 Å². The molecule has 2 N–H and O–H groups in total. The van der Waals surface area contributed by atoms with Gasteiger partial charge >= 0.3 is 0 Å². The van der Waals surface area contributed by atoms with Crippen molar-refractivity contribution in [2.45, 2.75) is 44.2 Å². The number of rotatable bonds is 2. The van der Waals surface area contributed by atoms with Crippen molar-refractivity contribution in [1.29, 1.82) is 0 Å². The van der Waals surface area contributed by atoms with Crippen molar-refractivity contribution in [3.8, 4) is 0 Å². The summed E-state index contributed by atoms with van der Waals surface area (Å²) in [6.45, 7) is 0.678. The van der Waals surface area contributed by atoms with Crippen molar-refractivity contribution < 1.29 is 4.42 Å². The smallest absolute Gasteiger partial charge is 0.128 e. The normalized spacial score (nSPS) is 19.2. The number of anilines is 1. The molecule has 1 aliphatic heterocycles. The second-order valence-corrected chi connectivity index (χ2v) is 6.18. The van der Waals surface area contributed by atoms with Crippen LogP contribution < -0.4 is 10.6 Å². The van der Waals surface area contributed by atoms with Gasteiger partial charge in [-0.25, -0.2) is 4.99 Å². The molecule has 1 aromatic heterocycles. The van der Waals surface area contributed by atoms with Crippen molar-refractivity contribution in [2.24, 2.45) is 4.99 Å². The Morgan fingerprint density at radius 2 is 1.95 bits per heavy atom. The number of fused-ring (bicyclic) bond motifs is 1. The Bertz CT molecular complexity index is 669. The predicted octanol–water partition coefficient (Wildman–Crippen LogP) is 4.23. The fourth-order valence-corrected chi connectivity index (χ4v) is 3.53. The molecule has 1 fully saturated rings. The Morgan fingerprint density at radius 3 is 2.77 bits per heavy atom. The quantitative estimate of drug-likeness (QED) is 0.871. The molecule has 2 aromatic rings. The average molecular weight is 295 g/mol. The van der Waals surface area contributed by atoms with Gasteiger partial charge in [0, 0.05) is 0 Å². The number of nitrogens with one attached hydrogen (secondary N) is 2. The van der Waals surface area contributed by atoms with E-state index in [1.54, 1.807) is 6.26 Å². The van der Waals surface area contributed by atoms with Gasteiger partial charge in [-0.3, -0.25) is 0 Å². The van der Waals surface area contributed by atoms with Gasteiger partial charge in [0.05, 0.1) is 29.7 Å². The standard InChI is InChI=1S/C18H21N3O/c1-4-10-18(11-5-1)17(19-13-14-7-6-12-22-14)20-15-8-2-3-9-16(15)21-18/h2-3,6-9,12,21H,1,4-5,10-11,13H2,(H,19,20). The summed E-state index contributed by atoms with van der Waals surface area (Å²) in [5.41, 5.74) is 2.12. The molecule has 0 bridgehead atoms. The molecular weight excluding hydrogens is 274 g/mol. The third-order valence-electron chi connectivity index (χ3n) is 4.68. The highest BCUT2D eigenvalue weighted by molar-refractivity contribution is 6.00. The topological polar surface area (TPSA) is 49.6 Å². The van der Waals surface area contributed by atoms with Crippen LogP contribution in [0.1, 0.15) is 37.9 Å². The summed E-state index contributed by atoms with van der Waals surface area (Å²) in [7, 11) is 0. The molecule has 0 amide bonds. The first kappa shape index (κ1) is 13.4. The van der Waals surface area contributed by atoms with Crippen LogP contribution in [0.25, 0.3) is 0 Å². The van der Waals surface area contributed by atoms with Crippen molar-refractivity contribution in [3.05, 3.63) is 48.4 Å². The number of nitrogens with zero attached hydrogens (tertiary/aromatic N) is 1. The zero-order valence-electron chi connectivity index (χ0n) is 12.6. The van der Waals surface area contributed by atoms with Crippen LogP contribution >= 0.6 is 0 Å². The van der Waals surface area contributed by atoms with Crippen LogP contribution in [0.5, 0.6) is 0 Å². The first-order valence-corrected chi connectivity index (χ1v) is 8.08. The van der Waals surface area contributed by atoms with Gasteiger partial charge < -0.3 is 15.1 Å². The number of para-hydroxylation sites is 2. The van der Waals surface area contributed by atoms with Gasteiger partial charge in [-0.2, -0.15) is 0 Å². The predicted molar refractivity (Wildman–Crippen MR) is 88.5 cm³/mol. The molecular formula is C18H21N3O. The van der Waals surface area contributed by atoms with Crippen molar-refractivity contribution >= 4 is 17.2 Å². The summed E-state index contributed by atoms with van der Waals surface area (Å²) >= 11 is 0. The lowest BCUT2D eigenvalue weighted by atomic mass is 9.79. The molecule has 0 saturated heterocycles. The maximum absolute atomic E-state index is 5.43. The minimum absolute atomic E-state index is 0.0425. The molecule has 2 aliphatic rings. The van der Waals surface area contributed by atoms with Gasteiger partial charge in [0.2, 0.25) is 0 Å². The Kier molecular flexibility index (Phi) is 3.37. The van der Waals surface area contributed by atoms with Gasteiger partial charge in [-0.05, 0) is 37.1 Å². The van der Waals surface area contributed by atoms with Crippen molar-refractivity contribution in [1.82, 2.24) is 5.32 Å². The zero-order chi connectivity index (χ0) is 14.8. The monoisotopic (exact) mass is 295 g/mol. The summed E-state index contributed by atoms with van der Waals surface area (Å²) in [6.07, 6.45) is 7.78. The Balaban J connectivity index is 1.65. The van der Waals surface area contributed by atoms with E-state index in [0.717, 1.165) is 35.8 Å². The molecule has 0 atom stereocenters. The van der Waals surface area contributed by atoms with Crippen LogP contribution in [0.3, 0.4) is 0 Å². The molecule has 22 heavy (non-hydrogen) atoms. The molecule has 0 unspecified atom stereocenters. The number of amidine groups is 1. The molecule has 1 aliphatic carbocycles. The van der Waals surface area contributed by atoms with Crippen LogP contribution in [-0.2, 0) is 6.54 Å². The summed E-state index contributed by atoms with van der Waals surface area (Å²) in [5, 5.41) is 7.29. The van der Waals surface area contributed by atoms with Crippen LogP contribution in [0, 0.1) is 0 Å². The van der Waals surface area contributed by atoms with E-state index in [1.165, 1.54) is 19.3 Å². The van der Waals surface area contributed by atoms with E-state index in [0.29, 0.717) is 6.54 Å². The maximum Gasteiger partial charge on any atom is 0.128 e. The van der Waals surface area contributed by atoms with Crippen molar-refractivity contribution in [3.63, 3.8) is 0 Å². The number of aliphatic imine (C=N–C) groups is 1. The molecule has 4 rings (SSSR count). The summed E-state index contributed by atoms with van der Waals surface area (Å²) in [6, 6.07) is 12.2. The minimum Gasteiger partial charge on any atom is -0.467 e. The zero-order valence-corrected chi connectivity index (χ0v) is 12.6. The van der Waals surface area contributed by atoms with Gasteiger partial charge in [0.25, 0.3) is 0 Å². The third-order valence-corrected chi connectivity index (χ3v) is 4.68. The third kappa shape index (κ3) is 2.39. The first-order chi connectivity index (χ1) is 10.9. The van der Waals surface area contributed by atoms with Gasteiger partial charge in [-0.1, -0.05) is 31.4 Å². The fourth-order valence-electron chi connectivity index (χ4n) is 3.53.